The predicted molar refractivity (Wildman–Crippen MR) is 68.2 cm³/mol. The zero-order chi connectivity index (χ0) is 12.3. The fourth-order valence-corrected chi connectivity index (χ4v) is 2.36. The van der Waals surface area contributed by atoms with Crippen molar-refractivity contribution in [2.24, 2.45) is 0 Å². The lowest BCUT2D eigenvalue weighted by molar-refractivity contribution is 0.112. The van der Waals surface area contributed by atoms with E-state index >= 15 is 0 Å². The highest BCUT2D eigenvalue weighted by Gasteiger charge is 2.06. The molecular weight excluding hydrogens is 236 g/mol. The third-order valence-corrected chi connectivity index (χ3v) is 3.39. The number of thiophene rings is 1. The summed E-state index contributed by atoms with van der Waals surface area (Å²) in [5.74, 6) is 1.47. The number of aldehydes is 1. The van der Waals surface area contributed by atoms with Crippen LogP contribution in [0.15, 0.2) is 29.6 Å². The number of rotatable bonds is 4. The van der Waals surface area contributed by atoms with E-state index in [1.54, 1.807) is 14.2 Å². The normalized spacial score (nSPS) is 10.0. The smallest absolute Gasteiger partial charge is 0.150 e. The van der Waals surface area contributed by atoms with E-state index in [1.165, 1.54) is 11.3 Å². The number of hydrogen-bond acceptors (Lipinski definition) is 4. The predicted octanol–water partition coefficient (Wildman–Crippen LogP) is 3.24. The van der Waals surface area contributed by atoms with Gasteiger partial charge in [0.2, 0.25) is 0 Å². The molecule has 0 aliphatic rings. The molecule has 0 radical (unpaired) electrons. The van der Waals surface area contributed by atoms with Gasteiger partial charge in [-0.2, -0.15) is 0 Å². The Kier molecular flexibility index (Phi) is 3.44. The zero-order valence-corrected chi connectivity index (χ0v) is 10.4. The van der Waals surface area contributed by atoms with Gasteiger partial charge in [0.05, 0.1) is 14.2 Å². The minimum Gasteiger partial charge on any atom is -0.497 e. The van der Waals surface area contributed by atoms with Gasteiger partial charge in [0.25, 0.3) is 0 Å². The fourth-order valence-electron chi connectivity index (χ4n) is 1.51. The van der Waals surface area contributed by atoms with Crippen LogP contribution in [0.3, 0.4) is 0 Å². The summed E-state index contributed by atoms with van der Waals surface area (Å²) in [6.45, 7) is 0. The molecule has 0 N–H and O–H groups in total. The monoisotopic (exact) mass is 248 g/mol. The molecule has 0 amide bonds. The van der Waals surface area contributed by atoms with Crippen LogP contribution in [0, 0.1) is 0 Å². The van der Waals surface area contributed by atoms with E-state index in [2.05, 4.69) is 0 Å². The third-order valence-electron chi connectivity index (χ3n) is 2.39. The van der Waals surface area contributed by atoms with E-state index in [0.29, 0.717) is 5.56 Å². The topological polar surface area (TPSA) is 35.5 Å². The first-order chi connectivity index (χ1) is 8.26. The molecule has 2 rings (SSSR count). The van der Waals surface area contributed by atoms with Crippen LogP contribution in [0.25, 0.3) is 10.4 Å². The molecule has 1 heterocycles. The quantitative estimate of drug-likeness (QED) is 0.779. The van der Waals surface area contributed by atoms with Crippen LogP contribution in [-0.4, -0.2) is 20.5 Å². The Labute approximate surface area is 104 Å². The number of hydrogen-bond donors (Lipinski definition) is 0. The summed E-state index contributed by atoms with van der Waals surface area (Å²) in [5, 5.41) is 1.83. The van der Waals surface area contributed by atoms with Gasteiger partial charge in [-0.3, -0.25) is 4.79 Å². The number of carbonyl (C=O) groups excluding carboxylic acids is 1. The highest BCUT2D eigenvalue weighted by atomic mass is 32.1. The molecule has 1 aromatic heterocycles. The van der Waals surface area contributed by atoms with Crippen LogP contribution in [0.4, 0.5) is 0 Å². The largest absolute Gasteiger partial charge is 0.497 e. The van der Waals surface area contributed by atoms with Gasteiger partial charge in [-0.15, -0.1) is 11.3 Å². The van der Waals surface area contributed by atoms with Gasteiger partial charge in [-0.1, -0.05) is 0 Å². The lowest BCUT2D eigenvalue weighted by Crippen LogP contribution is -1.87. The highest BCUT2D eigenvalue weighted by Crippen LogP contribution is 2.33. The van der Waals surface area contributed by atoms with Gasteiger partial charge in [-0.25, -0.2) is 0 Å². The Morgan fingerprint density at radius 3 is 2.18 bits per heavy atom. The summed E-state index contributed by atoms with van der Waals surface area (Å²) in [7, 11) is 3.23. The SMILES string of the molecule is COc1cc(OC)cc(-c2cc(C=O)cs2)c1. The molecule has 0 saturated heterocycles. The molecule has 0 saturated carbocycles. The Bertz CT molecular complexity index is 509. The van der Waals surface area contributed by atoms with Crippen LogP contribution >= 0.6 is 11.3 Å². The number of ether oxygens (including phenoxy) is 2. The average Bonchev–Trinajstić information content (AvgIpc) is 2.86. The molecule has 0 unspecified atom stereocenters. The van der Waals surface area contributed by atoms with Crippen molar-refractivity contribution in [2.75, 3.05) is 14.2 Å². The standard InChI is InChI=1S/C13H12O3S/c1-15-11-4-10(5-12(6-11)16-2)13-3-9(7-14)8-17-13/h3-8H,1-2H3. The van der Waals surface area contributed by atoms with Crippen molar-refractivity contribution in [1.82, 2.24) is 0 Å². The van der Waals surface area contributed by atoms with Gasteiger partial charge >= 0.3 is 0 Å². The highest BCUT2D eigenvalue weighted by molar-refractivity contribution is 7.13. The molecule has 0 aliphatic heterocycles. The summed E-state index contributed by atoms with van der Waals surface area (Å²) in [6.07, 6.45) is 0.845. The fraction of sp³-hybridized carbons (Fsp3) is 0.154. The minimum absolute atomic E-state index is 0.687. The van der Waals surface area contributed by atoms with E-state index in [1.807, 2.05) is 29.6 Å². The summed E-state index contributed by atoms with van der Waals surface area (Å²) in [5.41, 5.74) is 1.67. The van der Waals surface area contributed by atoms with Gasteiger partial charge in [-0.05, 0) is 23.8 Å². The van der Waals surface area contributed by atoms with Crippen LogP contribution < -0.4 is 9.47 Å². The molecule has 17 heavy (non-hydrogen) atoms. The Morgan fingerprint density at radius 1 is 1.06 bits per heavy atom. The molecule has 4 heteroatoms. The van der Waals surface area contributed by atoms with Crippen molar-refractivity contribution in [3.05, 3.63) is 35.2 Å². The maximum Gasteiger partial charge on any atom is 0.150 e. The lowest BCUT2D eigenvalue weighted by Gasteiger charge is -2.06. The maximum atomic E-state index is 10.7. The van der Waals surface area contributed by atoms with Gasteiger partial charge in [0.15, 0.2) is 6.29 Å². The van der Waals surface area contributed by atoms with Crippen molar-refractivity contribution in [2.45, 2.75) is 0 Å². The molecule has 2 aromatic rings. The van der Waals surface area contributed by atoms with Crippen LogP contribution in [-0.2, 0) is 0 Å². The summed E-state index contributed by atoms with van der Waals surface area (Å²) < 4.78 is 10.4. The molecule has 0 spiro atoms. The van der Waals surface area contributed by atoms with Crippen LogP contribution in [0.5, 0.6) is 11.5 Å². The molecule has 3 nitrogen and oxygen atoms in total. The van der Waals surface area contributed by atoms with Crippen molar-refractivity contribution in [3.63, 3.8) is 0 Å². The Balaban J connectivity index is 2.46. The first-order valence-corrected chi connectivity index (χ1v) is 5.92. The molecule has 1 aromatic carbocycles. The van der Waals surface area contributed by atoms with Crippen molar-refractivity contribution in [1.29, 1.82) is 0 Å². The summed E-state index contributed by atoms with van der Waals surface area (Å²) in [6, 6.07) is 7.51. The van der Waals surface area contributed by atoms with Crippen molar-refractivity contribution < 1.29 is 14.3 Å². The number of carbonyl (C=O) groups is 1. The third kappa shape index (κ3) is 2.47. The zero-order valence-electron chi connectivity index (χ0n) is 9.60. The molecular formula is C13H12O3S. The van der Waals surface area contributed by atoms with E-state index in [4.69, 9.17) is 9.47 Å². The summed E-state index contributed by atoms with van der Waals surface area (Å²) >= 11 is 1.52. The van der Waals surface area contributed by atoms with Crippen LogP contribution in [0.1, 0.15) is 10.4 Å². The van der Waals surface area contributed by atoms with Crippen molar-refractivity contribution in [3.8, 4) is 21.9 Å². The summed E-state index contributed by atoms with van der Waals surface area (Å²) in [4.78, 5) is 11.7. The Morgan fingerprint density at radius 2 is 1.71 bits per heavy atom. The maximum absolute atomic E-state index is 10.7. The van der Waals surface area contributed by atoms with Crippen molar-refractivity contribution >= 4 is 17.6 Å². The second-order valence-electron chi connectivity index (χ2n) is 3.46. The van der Waals surface area contributed by atoms with Gasteiger partial charge in [0, 0.05) is 21.9 Å². The molecule has 0 atom stereocenters. The van der Waals surface area contributed by atoms with E-state index in [9.17, 15) is 4.79 Å². The average molecular weight is 248 g/mol. The van der Waals surface area contributed by atoms with E-state index < -0.39 is 0 Å². The first kappa shape index (κ1) is 11.7. The number of benzene rings is 1. The first-order valence-electron chi connectivity index (χ1n) is 5.04. The van der Waals surface area contributed by atoms with Gasteiger partial charge in [0.1, 0.15) is 11.5 Å². The Hall–Kier alpha value is -1.81. The van der Waals surface area contributed by atoms with Gasteiger partial charge < -0.3 is 9.47 Å². The second-order valence-corrected chi connectivity index (χ2v) is 4.37. The van der Waals surface area contributed by atoms with Crippen LogP contribution in [0.2, 0.25) is 0 Å². The molecule has 0 aliphatic carbocycles. The van der Waals surface area contributed by atoms with E-state index in [-0.39, 0.29) is 0 Å². The molecule has 0 fully saturated rings. The molecule has 0 bridgehead atoms. The molecule has 88 valence electrons. The van der Waals surface area contributed by atoms with E-state index in [0.717, 1.165) is 28.2 Å². The minimum atomic E-state index is 0.687. The second kappa shape index (κ2) is 5.01. The lowest BCUT2D eigenvalue weighted by atomic mass is 10.1. The number of methoxy groups -OCH3 is 2.